The van der Waals surface area contributed by atoms with Gasteiger partial charge in [-0.15, -0.1) is 6.42 Å². The molecule has 1 heteroatoms. The summed E-state index contributed by atoms with van der Waals surface area (Å²) in [4.78, 5) is 12.8. The number of terminal acetylenes is 1. The zero-order valence-electron chi connectivity index (χ0n) is 14.9. The molecule has 0 saturated heterocycles. The molecule has 0 amide bonds. The van der Waals surface area contributed by atoms with Gasteiger partial charge in [-0.1, -0.05) is 38.3 Å². The van der Waals surface area contributed by atoms with E-state index in [4.69, 9.17) is 6.42 Å². The van der Waals surface area contributed by atoms with Gasteiger partial charge in [-0.05, 0) is 74.0 Å². The van der Waals surface area contributed by atoms with Gasteiger partial charge in [0.05, 0.1) is 5.92 Å². The molecule has 0 bridgehead atoms. The van der Waals surface area contributed by atoms with Crippen LogP contribution in [0.4, 0.5) is 0 Å². The van der Waals surface area contributed by atoms with Crippen LogP contribution < -0.4 is 0 Å². The van der Waals surface area contributed by atoms with Crippen LogP contribution in [0.5, 0.6) is 0 Å². The maximum atomic E-state index is 12.8. The van der Waals surface area contributed by atoms with Crippen molar-refractivity contribution in [2.24, 2.45) is 40.4 Å². The monoisotopic (exact) mass is 310 g/mol. The minimum Gasteiger partial charge on any atom is -0.298 e. The van der Waals surface area contributed by atoms with Crippen molar-refractivity contribution in [1.82, 2.24) is 0 Å². The van der Waals surface area contributed by atoms with Crippen LogP contribution in [-0.2, 0) is 4.79 Å². The summed E-state index contributed by atoms with van der Waals surface area (Å²) in [6.07, 6.45) is 16.7. The molecule has 0 radical (unpaired) electrons. The Morgan fingerprint density at radius 2 is 1.91 bits per heavy atom. The topological polar surface area (TPSA) is 17.1 Å². The van der Waals surface area contributed by atoms with E-state index in [9.17, 15) is 4.79 Å². The normalized spacial score (nSPS) is 52.0. The fraction of sp³-hybridized carbons (Fsp3) is 0.773. The van der Waals surface area contributed by atoms with Gasteiger partial charge < -0.3 is 0 Å². The third-order valence-electron chi connectivity index (χ3n) is 8.31. The van der Waals surface area contributed by atoms with Gasteiger partial charge in [0.2, 0.25) is 0 Å². The van der Waals surface area contributed by atoms with Gasteiger partial charge in [0.1, 0.15) is 0 Å². The summed E-state index contributed by atoms with van der Waals surface area (Å²) in [6, 6.07) is 0. The smallest absolute Gasteiger partial charge is 0.153 e. The highest BCUT2D eigenvalue weighted by Gasteiger charge is 2.60. The fourth-order valence-electron chi connectivity index (χ4n) is 6.81. The predicted octanol–water partition coefficient (Wildman–Crippen LogP) is 5.01. The lowest BCUT2D eigenvalue weighted by Gasteiger charge is -2.56. The Morgan fingerprint density at radius 1 is 1.17 bits per heavy atom. The van der Waals surface area contributed by atoms with Crippen molar-refractivity contribution in [3.8, 4) is 12.3 Å². The van der Waals surface area contributed by atoms with Crippen molar-refractivity contribution in [2.75, 3.05) is 0 Å². The van der Waals surface area contributed by atoms with E-state index >= 15 is 0 Å². The summed E-state index contributed by atoms with van der Waals surface area (Å²) in [5.41, 5.74) is 1.99. The summed E-state index contributed by atoms with van der Waals surface area (Å²) < 4.78 is 0. The number of ketones is 1. The van der Waals surface area contributed by atoms with Crippen molar-refractivity contribution >= 4 is 5.78 Å². The van der Waals surface area contributed by atoms with E-state index < -0.39 is 0 Å². The molecule has 7 atom stereocenters. The Hall–Kier alpha value is -1.03. The number of rotatable bonds is 0. The minimum absolute atomic E-state index is 0.117. The predicted molar refractivity (Wildman–Crippen MR) is 93.6 cm³/mol. The molecule has 4 aliphatic rings. The molecule has 0 aromatic carbocycles. The zero-order chi connectivity index (χ0) is 16.4. The summed E-state index contributed by atoms with van der Waals surface area (Å²) >= 11 is 0. The van der Waals surface area contributed by atoms with E-state index in [1.54, 1.807) is 5.57 Å². The Morgan fingerprint density at radius 3 is 2.65 bits per heavy atom. The molecular formula is C22H30O. The third kappa shape index (κ3) is 1.97. The number of Topliss-reactive ketones (excluding diaryl/α,β-unsaturated/α-hetero) is 1. The molecule has 0 heterocycles. The number of hydrogen-bond donors (Lipinski definition) is 0. The van der Waals surface area contributed by atoms with Crippen molar-refractivity contribution < 1.29 is 4.79 Å². The molecule has 23 heavy (non-hydrogen) atoms. The van der Waals surface area contributed by atoms with E-state index in [2.05, 4.69) is 32.8 Å². The summed E-state index contributed by atoms with van der Waals surface area (Å²) in [6.45, 7) is 7.15. The molecule has 1 nitrogen and oxygen atoms in total. The molecule has 0 unspecified atom stereocenters. The van der Waals surface area contributed by atoms with Crippen LogP contribution in [0.2, 0.25) is 0 Å². The quantitative estimate of drug-likeness (QED) is 0.454. The number of carbonyl (C=O) groups is 1. The molecule has 124 valence electrons. The van der Waals surface area contributed by atoms with Gasteiger partial charge in [-0.3, -0.25) is 4.79 Å². The molecule has 0 aromatic rings. The lowest BCUT2D eigenvalue weighted by Crippen LogP contribution is -2.50. The number of carbonyl (C=O) groups excluding carboxylic acids is 1. The molecule has 4 rings (SSSR count). The first kappa shape index (κ1) is 15.5. The summed E-state index contributed by atoms with van der Waals surface area (Å²) in [5.74, 6) is 5.87. The second kappa shape index (κ2) is 4.98. The first-order chi connectivity index (χ1) is 10.9. The van der Waals surface area contributed by atoms with Crippen LogP contribution in [0.15, 0.2) is 11.6 Å². The van der Waals surface area contributed by atoms with Crippen LogP contribution in [0, 0.1) is 52.8 Å². The average molecular weight is 310 g/mol. The Balaban J connectivity index is 1.70. The summed E-state index contributed by atoms with van der Waals surface area (Å²) in [7, 11) is 0. The SMILES string of the molecule is C#C[C@@H]1C[C@H]2[C@@H]3CC=C4C[C@@H](C)CC[C@]4(C)[C@H]3CC[C@]2(C)C1=O. The molecule has 3 fully saturated rings. The lowest BCUT2D eigenvalue weighted by molar-refractivity contribution is -0.133. The molecule has 4 aliphatic carbocycles. The van der Waals surface area contributed by atoms with Gasteiger partial charge in [-0.25, -0.2) is 0 Å². The molecule has 0 spiro atoms. The van der Waals surface area contributed by atoms with Gasteiger partial charge >= 0.3 is 0 Å². The standard InChI is InChI=1S/C22H30O/c1-5-15-13-19-17-7-6-16-12-14(2)8-10-21(16,3)18(17)9-11-22(19,4)20(15)23/h1,6,14-15,17-19H,7-13H2,2-4H3/t14-,15+,17+,18-,19-,21-,22-/m0/s1. The van der Waals surface area contributed by atoms with E-state index in [0.29, 0.717) is 23.0 Å². The van der Waals surface area contributed by atoms with E-state index in [0.717, 1.165) is 24.7 Å². The van der Waals surface area contributed by atoms with E-state index in [1.165, 1.54) is 32.1 Å². The van der Waals surface area contributed by atoms with Gasteiger partial charge in [0.15, 0.2) is 5.78 Å². The number of fused-ring (bicyclic) bond motifs is 5. The second-order valence-electron chi connectivity index (χ2n) is 9.38. The molecule has 3 saturated carbocycles. The molecule has 0 aliphatic heterocycles. The van der Waals surface area contributed by atoms with Crippen LogP contribution >= 0.6 is 0 Å². The van der Waals surface area contributed by atoms with E-state index in [-0.39, 0.29) is 11.3 Å². The van der Waals surface area contributed by atoms with Crippen molar-refractivity contribution in [3.05, 3.63) is 11.6 Å². The maximum absolute atomic E-state index is 12.8. The Labute approximate surface area is 141 Å². The summed E-state index contributed by atoms with van der Waals surface area (Å²) in [5, 5.41) is 0. The molecular weight excluding hydrogens is 280 g/mol. The van der Waals surface area contributed by atoms with Crippen LogP contribution in [0.1, 0.15) is 65.7 Å². The van der Waals surface area contributed by atoms with Crippen LogP contribution in [0.3, 0.4) is 0 Å². The van der Waals surface area contributed by atoms with Crippen molar-refractivity contribution in [1.29, 1.82) is 0 Å². The number of allylic oxidation sites excluding steroid dienone is 2. The highest BCUT2D eigenvalue weighted by molar-refractivity contribution is 5.91. The minimum atomic E-state index is -0.137. The Bertz CT molecular complexity index is 608. The molecule has 0 N–H and O–H groups in total. The average Bonchev–Trinajstić information content (AvgIpc) is 2.79. The van der Waals surface area contributed by atoms with Gasteiger partial charge in [-0.2, -0.15) is 0 Å². The van der Waals surface area contributed by atoms with Gasteiger partial charge in [0.25, 0.3) is 0 Å². The maximum Gasteiger partial charge on any atom is 0.153 e. The highest BCUT2D eigenvalue weighted by Crippen LogP contribution is 2.64. The first-order valence-corrected chi connectivity index (χ1v) is 9.60. The lowest BCUT2D eigenvalue weighted by atomic mass is 9.47. The van der Waals surface area contributed by atoms with Crippen LogP contribution in [-0.4, -0.2) is 5.78 Å². The Kier molecular flexibility index (Phi) is 3.36. The first-order valence-electron chi connectivity index (χ1n) is 9.60. The zero-order valence-corrected chi connectivity index (χ0v) is 14.9. The third-order valence-corrected chi connectivity index (χ3v) is 8.31. The van der Waals surface area contributed by atoms with Crippen molar-refractivity contribution in [2.45, 2.75) is 65.7 Å². The van der Waals surface area contributed by atoms with Crippen LogP contribution in [0.25, 0.3) is 0 Å². The second-order valence-corrected chi connectivity index (χ2v) is 9.38. The molecule has 0 aromatic heterocycles. The highest BCUT2D eigenvalue weighted by atomic mass is 16.1. The van der Waals surface area contributed by atoms with Gasteiger partial charge in [0, 0.05) is 5.41 Å². The van der Waals surface area contributed by atoms with E-state index in [1.807, 2.05) is 0 Å². The number of hydrogen-bond acceptors (Lipinski definition) is 1. The fourth-order valence-corrected chi connectivity index (χ4v) is 6.81. The largest absolute Gasteiger partial charge is 0.298 e. The van der Waals surface area contributed by atoms with Crippen molar-refractivity contribution in [3.63, 3.8) is 0 Å².